The van der Waals surface area contributed by atoms with Gasteiger partial charge in [-0.3, -0.25) is 10.1 Å². The minimum absolute atomic E-state index is 0.180. The molecule has 0 aliphatic heterocycles. The molecule has 1 atom stereocenters. The number of halogens is 1. The monoisotopic (exact) mass is 376 g/mol. The van der Waals surface area contributed by atoms with Gasteiger partial charge in [-0.15, -0.1) is 0 Å². The Morgan fingerprint density at radius 3 is 2.67 bits per heavy atom. The van der Waals surface area contributed by atoms with E-state index in [9.17, 15) is 18.5 Å². The third kappa shape index (κ3) is 4.24. The van der Waals surface area contributed by atoms with Crippen molar-refractivity contribution in [1.29, 1.82) is 0 Å². The summed E-state index contributed by atoms with van der Waals surface area (Å²) in [6.45, 7) is 1.91. The molecule has 21 heavy (non-hydrogen) atoms. The molecule has 8 heteroatoms. The molecule has 0 radical (unpaired) electrons. The lowest BCUT2D eigenvalue weighted by atomic mass is 10.1. The Balaban J connectivity index is 2.29. The van der Waals surface area contributed by atoms with Gasteiger partial charge in [-0.05, 0) is 30.9 Å². The summed E-state index contributed by atoms with van der Waals surface area (Å²) in [5, 5.41) is 11.0. The van der Waals surface area contributed by atoms with Crippen molar-refractivity contribution < 1.29 is 13.3 Å². The molecule has 1 aliphatic carbocycles. The second-order valence-corrected chi connectivity index (χ2v) is 7.87. The number of nitrogens with zero attached hydrogens (tertiary/aromatic N) is 1. The summed E-state index contributed by atoms with van der Waals surface area (Å²) >= 11 is 3.16. The molecule has 1 aliphatic rings. The van der Waals surface area contributed by atoms with Crippen LogP contribution in [0.4, 0.5) is 5.69 Å². The zero-order chi connectivity index (χ0) is 15.6. The molecule has 0 spiro atoms. The first-order valence-corrected chi connectivity index (χ1v) is 9.07. The molecule has 1 fully saturated rings. The van der Waals surface area contributed by atoms with Gasteiger partial charge in [0.1, 0.15) is 0 Å². The highest BCUT2D eigenvalue weighted by molar-refractivity contribution is 9.10. The van der Waals surface area contributed by atoms with E-state index in [0.717, 1.165) is 19.3 Å². The van der Waals surface area contributed by atoms with Crippen LogP contribution < -0.4 is 4.72 Å². The molecule has 0 bridgehead atoms. The van der Waals surface area contributed by atoms with Gasteiger partial charge in [-0.2, -0.15) is 0 Å². The minimum Gasteiger partial charge on any atom is -0.258 e. The van der Waals surface area contributed by atoms with Crippen LogP contribution in [0.1, 0.15) is 32.6 Å². The van der Waals surface area contributed by atoms with Crippen molar-refractivity contribution in [3.63, 3.8) is 0 Å². The highest BCUT2D eigenvalue weighted by Gasteiger charge is 2.31. The predicted molar refractivity (Wildman–Crippen MR) is 82.5 cm³/mol. The second kappa shape index (κ2) is 6.41. The highest BCUT2D eigenvalue weighted by atomic mass is 79.9. The number of sulfonamides is 1. The van der Waals surface area contributed by atoms with Gasteiger partial charge in [0.2, 0.25) is 10.0 Å². The first-order chi connectivity index (χ1) is 9.83. The molecule has 0 amide bonds. The van der Waals surface area contributed by atoms with Gasteiger partial charge in [0.15, 0.2) is 4.90 Å². The highest BCUT2D eigenvalue weighted by Crippen LogP contribution is 2.35. The van der Waals surface area contributed by atoms with Crippen LogP contribution >= 0.6 is 15.9 Å². The van der Waals surface area contributed by atoms with Gasteiger partial charge >= 0.3 is 0 Å². The largest absolute Gasteiger partial charge is 0.289 e. The molecule has 2 rings (SSSR count). The lowest BCUT2D eigenvalue weighted by molar-refractivity contribution is -0.387. The van der Waals surface area contributed by atoms with E-state index in [1.807, 2.05) is 6.92 Å². The van der Waals surface area contributed by atoms with Gasteiger partial charge in [0.25, 0.3) is 5.69 Å². The van der Waals surface area contributed by atoms with Crippen molar-refractivity contribution in [3.8, 4) is 0 Å². The standard InChI is InChI=1S/C13H17BrN2O4S/c1-2-11(7-9-3-4-9)15-21(19,20)13-8-10(14)5-6-12(13)16(17)18/h5-6,8-9,11,15H,2-4,7H2,1H3. The summed E-state index contributed by atoms with van der Waals surface area (Å²) in [6, 6.07) is 3.74. The molecule has 1 saturated carbocycles. The lowest BCUT2D eigenvalue weighted by Gasteiger charge is -2.16. The zero-order valence-corrected chi connectivity index (χ0v) is 14.0. The van der Waals surface area contributed by atoms with Crippen LogP contribution in [-0.4, -0.2) is 19.4 Å². The van der Waals surface area contributed by atoms with Crippen molar-refractivity contribution in [2.45, 2.75) is 43.5 Å². The molecule has 0 heterocycles. The average Bonchev–Trinajstić information content (AvgIpc) is 3.21. The van der Waals surface area contributed by atoms with Crippen LogP contribution in [0.15, 0.2) is 27.6 Å². The maximum atomic E-state index is 12.4. The number of rotatable bonds is 7. The molecule has 116 valence electrons. The fraction of sp³-hybridized carbons (Fsp3) is 0.538. The Morgan fingerprint density at radius 2 is 2.14 bits per heavy atom. The van der Waals surface area contributed by atoms with E-state index in [0.29, 0.717) is 16.8 Å². The average molecular weight is 377 g/mol. The Labute approximate surface area is 132 Å². The third-order valence-corrected chi connectivity index (χ3v) is 5.58. The van der Waals surface area contributed by atoms with E-state index in [1.165, 1.54) is 18.2 Å². The third-order valence-electron chi connectivity index (χ3n) is 3.54. The van der Waals surface area contributed by atoms with Crippen molar-refractivity contribution in [2.24, 2.45) is 5.92 Å². The number of nitrogens with one attached hydrogen (secondary N) is 1. The van der Waals surface area contributed by atoms with Crippen molar-refractivity contribution >= 4 is 31.6 Å². The number of nitro groups is 1. The quantitative estimate of drug-likeness (QED) is 0.584. The Hall–Kier alpha value is -0.990. The van der Waals surface area contributed by atoms with Crippen LogP contribution in [0.2, 0.25) is 0 Å². The molecule has 1 N–H and O–H groups in total. The van der Waals surface area contributed by atoms with Crippen LogP contribution in [-0.2, 0) is 10.0 Å². The smallest absolute Gasteiger partial charge is 0.258 e. The topological polar surface area (TPSA) is 89.3 Å². The predicted octanol–water partition coefficient (Wildman–Crippen LogP) is 3.21. The summed E-state index contributed by atoms with van der Waals surface area (Å²) in [4.78, 5) is 10.0. The van der Waals surface area contributed by atoms with Gasteiger partial charge in [-0.1, -0.05) is 35.7 Å². The summed E-state index contributed by atoms with van der Waals surface area (Å²) < 4.78 is 28.0. The summed E-state index contributed by atoms with van der Waals surface area (Å²) in [7, 11) is -3.91. The first kappa shape index (κ1) is 16.4. The molecule has 1 aromatic rings. The molecule has 1 unspecified atom stereocenters. The molecule has 0 saturated heterocycles. The fourth-order valence-corrected chi connectivity index (χ4v) is 4.23. The van der Waals surface area contributed by atoms with E-state index in [2.05, 4.69) is 20.7 Å². The van der Waals surface area contributed by atoms with Gasteiger partial charge in [-0.25, -0.2) is 13.1 Å². The van der Waals surface area contributed by atoms with Gasteiger partial charge < -0.3 is 0 Å². The molecular formula is C13H17BrN2O4S. The summed E-state index contributed by atoms with van der Waals surface area (Å²) in [6.07, 6.45) is 3.72. The number of benzene rings is 1. The minimum atomic E-state index is -3.91. The van der Waals surface area contributed by atoms with E-state index in [-0.39, 0.29) is 10.9 Å². The SMILES string of the molecule is CCC(CC1CC1)NS(=O)(=O)c1cc(Br)ccc1[N+](=O)[O-]. The molecule has 1 aromatic carbocycles. The zero-order valence-electron chi connectivity index (χ0n) is 11.6. The maximum Gasteiger partial charge on any atom is 0.289 e. The van der Waals surface area contributed by atoms with Crippen LogP contribution in [0.3, 0.4) is 0 Å². The van der Waals surface area contributed by atoms with E-state index in [4.69, 9.17) is 0 Å². The normalized spacial score (nSPS) is 16.7. The lowest BCUT2D eigenvalue weighted by Crippen LogP contribution is -2.35. The second-order valence-electron chi connectivity index (χ2n) is 5.27. The Morgan fingerprint density at radius 1 is 1.48 bits per heavy atom. The number of nitro benzene ring substituents is 1. The van der Waals surface area contributed by atoms with Crippen LogP contribution in [0.5, 0.6) is 0 Å². The molecule has 6 nitrogen and oxygen atoms in total. The summed E-state index contributed by atoms with van der Waals surface area (Å²) in [5.74, 6) is 0.579. The van der Waals surface area contributed by atoms with Gasteiger partial charge in [0, 0.05) is 16.6 Å². The van der Waals surface area contributed by atoms with Crippen molar-refractivity contribution in [2.75, 3.05) is 0 Å². The van der Waals surface area contributed by atoms with Crippen molar-refractivity contribution in [3.05, 3.63) is 32.8 Å². The number of hydrogen-bond donors (Lipinski definition) is 1. The van der Waals surface area contributed by atoms with E-state index < -0.39 is 20.6 Å². The fourth-order valence-electron chi connectivity index (χ4n) is 2.19. The van der Waals surface area contributed by atoms with E-state index in [1.54, 1.807) is 0 Å². The van der Waals surface area contributed by atoms with E-state index >= 15 is 0 Å². The maximum absolute atomic E-state index is 12.4. The van der Waals surface area contributed by atoms with Gasteiger partial charge in [0.05, 0.1) is 4.92 Å². The Kier molecular flexibility index (Phi) is 5.00. The molecule has 0 aromatic heterocycles. The summed E-state index contributed by atoms with van der Waals surface area (Å²) in [5.41, 5.74) is -0.410. The van der Waals surface area contributed by atoms with Crippen LogP contribution in [0.25, 0.3) is 0 Å². The first-order valence-electron chi connectivity index (χ1n) is 6.79. The van der Waals surface area contributed by atoms with Crippen molar-refractivity contribution in [1.82, 2.24) is 4.72 Å². The Bertz CT molecular complexity index is 644. The molecular weight excluding hydrogens is 360 g/mol. The number of hydrogen-bond acceptors (Lipinski definition) is 4. The van der Waals surface area contributed by atoms with Crippen LogP contribution in [0, 0.1) is 16.0 Å².